The van der Waals surface area contributed by atoms with Crippen molar-refractivity contribution in [3.8, 4) is 0 Å². The molecule has 0 aliphatic heterocycles. The zero-order valence-electron chi connectivity index (χ0n) is 12.2. The van der Waals surface area contributed by atoms with Crippen LogP contribution in [-0.2, 0) is 16.6 Å². The molecule has 0 aromatic carbocycles. The van der Waals surface area contributed by atoms with Crippen LogP contribution in [0.2, 0.25) is 0 Å². The minimum Gasteiger partial charge on any atom is -0.310 e. The van der Waals surface area contributed by atoms with Gasteiger partial charge in [0.05, 0.1) is 0 Å². The molecule has 0 spiro atoms. The minimum atomic E-state index is -3.46. The first kappa shape index (κ1) is 14.9. The van der Waals surface area contributed by atoms with E-state index in [0.717, 1.165) is 18.5 Å². The van der Waals surface area contributed by atoms with Gasteiger partial charge in [0.1, 0.15) is 0 Å². The Balaban J connectivity index is 1.50. The molecule has 3 rings (SSSR count). The van der Waals surface area contributed by atoms with Crippen molar-refractivity contribution in [1.29, 1.82) is 0 Å². The van der Waals surface area contributed by atoms with Crippen LogP contribution in [0.4, 0.5) is 0 Å². The average Bonchev–Trinajstić information content (AvgIpc) is 3.24. The van der Waals surface area contributed by atoms with E-state index in [4.69, 9.17) is 0 Å². The van der Waals surface area contributed by atoms with E-state index in [-0.39, 0.29) is 5.03 Å². The van der Waals surface area contributed by atoms with Gasteiger partial charge in [-0.1, -0.05) is 25.3 Å². The molecule has 0 amide bonds. The van der Waals surface area contributed by atoms with E-state index in [1.54, 1.807) is 12.3 Å². The molecule has 1 heterocycles. The van der Waals surface area contributed by atoms with Crippen molar-refractivity contribution in [3.05, 3.63) is 23.9 Å². The Kier molecular flexibility index (Phi) is 4.57. The molecule has 0 saturated heterocycles. The fourth-order valence-corrected chi connectivity index (χ4v) is 3.45. The third kappa shape index (κ3) is 4.25. The summed E-state index contributed by atoms with van der Waals surface area (Å²) in [6, 6.07) is 4.07. The summed E-state index contributed by atoms with van der Waals surface area (Å²) in [7, 11) is -3.46. The summed E-state index contributed by atoms with van der Waals surface area (Å²) in [4.78, 5) is 4.09. The van der Waals surface area contributed by atoms with E-state index in [1.165, 1.54) is 32.1 Å². The predicted octanol–water partition coefficient (Wildman–Crippen LogP) is 1.80. The van der Waals surface area contributed by atoms with Crippen molar-refractivity contribution >= 4 is 10.0 Å². The summed E-state index contributed by atoms with van der Waals surface area (Å²) in [5, 5.41) is 3.50. The molecule has 2 aliphatic rings. The summed E-state index contributed by atoms with van der Waals surface area (Å²) in [5.74, 6) is 0.705. The lowest BCUT2D eigenvalue weighted by atomic mass is 9.83. The van der Waals surface area contributed by atoms with Crippen molar-refractivity contribution in [2.24, 2.45) is 5.92 Å². The molecule has 1 aromatic rings. The third-order valence-corrected chi connectivity index (χ3v) is 5.69. The molecular formula is C15H23N3O2S. The molecule has 2 fully saturated rings. The standard InChI is InChI=1S/C15H23N3O2S/c19-21(20,18-9-8-12-2-1-3-12)15-7-4-13(11-17-15)10-16-14-5-6-14/h4,7,11-12,14,16,18H,1-3,5-6,8-10H2. The number of aromatic nitrogens is 1. The lowest BCUT2D eigenvalue weighted by Crippen LogP contribution is -2.28. The van der Waals surface area contributed by atoms with E-state index in [0.29, 0.717) is 18.5 Å². The second-order valence-electron chi connectivity index (χ2n) is 6.14. The molecule has 5 nitrogen and oxygen atoms in total. The highest BCUT2D eigenvalue weighted by atomic mass is 32.2. The Morgan fingerprint density at radius 2 is 2.00 bits per heavy atom. The smallest absolute Gasteiger partial charge is 0.258 e. The van der Waals surface area contributed by atoms with Crippen molar-refractivity contribution in [2.45, 2.75) is 56.1 Å². The first-order valence-electron chi connectivity index (χ1n) is 7.81. The summed E-state index contributed by atoms with van der Waals surface area (Å²) in [6.45, 7) is 1.27. The van der Waals surface area contributed by atoms with Crippen LogP contribution in [0.25, 0.3) is 0 Å². The Bertz CT molecular complexity index is 563. The van der Waals surface area contributed by atoms with Gasteiger partial charge in [0.15, 0.2) is 5.03 Å². The van der Waals surface area contributed by atoms with Gasteiger partial charge in [0.25, 0.3) is 10.0 Å². The number of hydrogen-bond acceptors (Lipinski definition) is 4. The molecule has 0 atom stereocenters. The molecule has 1 aromatic heterocycles. The van der Waals surface area contributed by atoms with Crippen LogP contribution >= 0.6 is 0 Å². The van der Waals surface area contributed by atoms with Gasteiger partial charge < -0.3 is 5.32 Å². The number of hydrogen-bond donors (Lipinski definition) is 2. The summed E-state index contributed by atoms with van der Waals surface area (Å²) >= 11 is 0. The SMILES string of the molecule is O=S(=O)(NCCC1CCC1)c1ccc(CNC2CC2)cn1. The first-order valence-corrected chi connectivity index (χ1v) is 9.30. The normalized spacial score (nSPS) is 19.4. The van der Waals surface area contributed by atoms with Crippen LogP contribution in [-0.4, -0.2) is 26.0 Å². The zero-order chi connectivity index (χ0) is 14.7. The Hall–Kier alpha value is -0.980. The molecule has 0 bridgehead atoms. The second kappa shape index (κ2) is 6.42. The predicted molar refractivity (Wildman–Crippen MR) is 81.2 cm³/mol. The molecule has 2 aliphatic carbocycles. The fourth-order valence-electron chi connectivity index (χ4n) is 2.48. The maximum absolute atomic E-state index is 12.1. The Morgan fingerprint density at radius 1 is 1.19 bits per heavy atom. The first-order chi connectivity index (χ1) is 10.1. The number of sulfonamides is 1. The molecule has 0 radical (unpaired) electrons. The number of pyridine rings is 1. The van der Waals surface area contributed by atoms with Crippen molar-refractivity contribution < 1.29 is 8.42 Å². The molecule has 116 valence electrons. The number of nitrogens with zero attached hydrogens (tertiary/aromatic N) is 1. The van der Waals surface area contributed by atoms with Gasteiger partial charge in [0.2, 0.25) is 0 Å². The van der Waals surface area contributed by atoms with Crippen LogP contribution in [0.5, 0.6) is 0 Å². The topological polar surface area (TPSA) is 71.1 Å². The molecule has 2 N–H and O–H groups in total. The quantitative estimate of drug-likeness (QED) is 0.768. The fraction of sp³-hybridized carbons (Fsp3) is 0.667. The third-order valence-electron chi connectivity index (χ3n) is 4.31. The minimum absolute atomic E-state index is 0.117. The molecule has 6 heteroatoms. The van der Waals surface area contributed by atoms with Gasteiger partial charge in [-0.25, -0.2) is 18.1 Å². The van der Waals surface area contributed by atoms with Gasteiger partial charge >= 0.3 is 0 Å². The van der Waals surface area contributed by atoms with E-state index in [9.17, 15) is 8.42 Å². The largest absolute Gasteiger partial charge is 0.310 e. The van der Waals surface area contributed by atoms with Gasteiger partial charge in [-0.3, -0.25) is 0 Å². The molecule has 21 heavy (non-hydrogen) atoms. The maximum Gasteiger partial charge on any atom is 0.258 e. The Labute approximate surface area is 126 Å². The van der Waals surface area contributed by atoms with Gasteiger partial charge in [0, 0.05) is 25.3 Å². The lowest BCUT2D eigenvalue weighted by molar-refractivity contribution is 0.297. The van der Waals surface area contributed by atoms with Crippen LogP contribution in [0.1, 0.15) is 44.1 Å². The van der Waals surface area contributed by atoms with E-state index < -0.39 is 10.0 Å². The van der Waals surface area contributed by atoms with E-state index in [1.807, 2.05) is 6.07 Å². The van der Waals surface area contributed by atoms with E-state index >= 15 is 0 Å². The lowest BCUT2D eigenvalue weighted by Gasteiger charge is -2.25. The molecule has 2 saturated carbocycles. The van der Waals surface area contributed by atoms with Crippen LogP contribution in [0.15, 0.2) is 23.4 Å². The van der Waals surface area contributed by atoms with Crippen molar-refractivity contribution in [3.63, 3.8) is 0 Å². The second-order valence-corrected chi connectivity index (χ2v) is 7.86. The summed E-state index contributed by atoms with van der Waals surface area (Å²) < 4.78 is 26.9. The molecule has 0 unspecified atom stereocenters. The highest BCUT2D eigenvalue weighted by molar-refractivity contribution is 7.89. The van der Waals surface area contributed by atoms with Crippen LogP contribution < -0.4 is 10.0 Å². The van der Waals surface area contributed by atoms with Gasteiger partial charge in [-0.05, 0) is 36.8 Å². The Morgan fingerprint density at radius 3 is 2.57 bits per heavy atom. The van der Waals surface area contributed by atoms with Crippen LogP contribution in [0, 0.1) is 5.92 Å². The number of nitrogens with one attached hydrogen (secondary N) is 2. The van der Waals surface area contributed by atoms with Crippen LogP contribution in [0.3, 0.4) is 0 Å². The monoisotopic (exact) mass is 309 g/mol. The summed E-state index contributed by atoms with van der Waals surface area (Å²) in [6.07, 6.45) is 8.83. The highest BCUT2D eigenvalue weighted by Gasteiger charge is 2.21. The maximum atomic E-state index is 12.1. The van der Waals surface area contributed by atoms with Gasteiger partial charge in [-0.2, -0.15) is 0 Å². The number of rotatable bonds is 8. The average molecular weight is 309 g/mol. The molecular weight excluding hydrogens is 286 g/mol. The van der Waals surface area contributed by atoms with Crippen molar-refractivity contribution in [2.75, 3.05) is 6.54 Å². The zero-order valence-corrected chi connectivity index (χ0v) is 13.0. The van der Waals surface area contributed by atoms with Gasteiger partial charge in [-0.15, -0.1) is 0 Å². The highest BCUT2D eigenvalue weighted by Crippen LogP contribution is 2.28. The summed E-state index contributed by atoms with van der Waals surface area (Å²) in [5.41, 5.74) is 1.02. The van der Waals surface area contributed by atoms with Crippen molar-refractivity contribution in [1.82, 2.24) is 15.0 Å². The van der Waals surface area contributed by atoms with E-state index in [2.05, 4.69) is 15.0 Å².